The van der Waals surface area contributed by atoms with Crippen molar-refractivity contribution in [3.63, 3.8) is 0 Å². The van der Waals surface area contributed by atoms with Gasteiger partial charge in [0.15, 0.2) is 5.78 Å². The first-order valence-electron chi connectivity index (χ1n) is 9.27. The third kappa shape index (κ3) is 3.59. The molecule has 0 fully saturated rings. The highest BCUT2D eigenvalue weighted by atomic mass is 16.5. The monoisotopic (exact) mass is 421 g/mol. The fourth-order valence-electron chi connectivity index (χ4n) is 3.40. The molecule has 0 saturated heterocycles. The van der Waals surface area contributed by atoms with Crippen molar-refractivity contribution in [2.24, 2.45) is 0 Å². The molecule has 0 aliphatic carbocycles. The van der Waals surface area contributed by atoms with Gasteiger partial charge in [0.2, 0.25) is 5.95 Å². The Balaban J connectivity index is 1.92. The summed E-state index contributed by atoms with van der Waals surface area (Å²) >= 11 is 0. The van der Waals surface area contributed by atoms with Crippen molar-refractivity contribution in [1.29, 1.82) is 0 Å². The average molecular weight is 421 g/mol. The van der Waals surface area contributed by atoms with E-state index in [1.165, 1.54) is 18.9 Å². The molecule has 0 amide bonds. The van der Waals surface area contributed by atoms with Crippen LogP contribution in [0, 0.1) is 0 Å². The molecule has 0 bridgehead atoms. The van der Waals surface area contributed by atoms with Gasteiger partial charge in [-0.05, 0) is 40.3 Å². The Morgan fingerprint density at radius 3 is 2.42 bits per heavy atom. The Hall–Kier alpha value is -4.21. The van der Waals surface area contributed by atoms with Crippen LogP contribution in [0.1, 0.15) is 22.0 Å². The minimum Gasteiger partial charge on any atom is -0.497 e. The number of benzene rings is 2. The first kappa shape index (κ1) is 20.1. The van der Waals surface area contributed by atoms with Gasteiger partial charge in [0.25, 0.3) is 0 Å². The molecule has 1 aromatic heterocycles. The van der Waals surface area contributed by atoms with E-state index in [1.54, 1.807) is 55.6 Å². The molecule has 0 saturated carbocycles. The summed E-state index contributed by atoms with van der Waals surface area (Å²) in [5.41, 5.74) is 1.14. The molecule has 10 nitrogen and oxygen atoms in total. The number of nitrogens with zero attached hydrogens (tertiary/aromatic N) is 4. The number of methoxy groups -OCH3 is 3. The summed E-state index contributed by atoms with van der Waals surface area (Å²) in [7, 11) is 4.31. The van der Waals surface area contributed by atoms with Gasteiger partial charge >= 0.3 is 5.97 Å². The topological polar surface area (TPSA) is 117 Å². The van der Waals surface area contributed by atoms with E-state index in [0.717, 1.165) is 0 Å². The molecule has 2 heterocycles. The quantitative estimate of drug-likeness (QED) is 0.471. The highest BCUT2D eigenvalue weighted by molar-refractivity contribution is 6.15. The van der Waals surface area contributed by atoms with Crippen molar-refractivity contribution in [2.45, 2.75) is 6.04 Å². The van der Waals surface area contributed by atoms with Crippen LogP contribution >= 0.6 is 0 Å². The summed E-state index contributed by atoms with van der Waals surface area (Å²) in [5, 5.41) is 14.5. The second kappa shape index (κ2) is 8.27. The van der Waals surface area contributed by atoms with E-state index in [2.05, 4.69) is 20.8 Å². The number of ether oxygens (including phenoxy) is 3. The molecule has 3 aromatic rings. The van der Waals surface area contributed by atoms with Crippen molar-refractivity contribution < 1.29 is 23.8 Å². The number of carbonyl (C=O) groups is 2. The summed E-state index contributed by atoms with van der Waals surface area (Å²) in [6, 6.07) is 13.0. The maximum Gasteiger partial charge on any atom is 0.355 e. The molecule has 1 aliphatic rings. The maximum absolute atomic E-state index is 13.7. The first-order valence-corrected chi connectivity index (χ1v) is 9.27. The van der Waals surface area contributed by atoms with Gasteiger partial charge in [-0.1, -0.05) is 29.4 Å². The molecule has 0 unspecified atom stereocenters. The second-order valence-corrected chi connectivity index (χ2v) is 6.59. The highest BCUT2D eigenvalue weighted by Gasteiger charge is 2.38. The summed E-state index contributed by atoms with van der Waals surface area (Å²) in [5.74, 6) is 0.266. The smallest absolute Gasteiger partial charge is 0.355 e. The Kier molecular flexibility index (Phi) is 5.35. The standard InChI is InChI=1S/C21H19N5O5/c1-29-14-9-7-12(8-10-14)18-16(19(27)13-5-4-6-15(11-13)30-2)17(20(28)31-3)22-21-23-24-25-26(18)21/h4-11,18H,1-3H3,(H,22,23,25)/t18-/m1/s1. The number of aromatic nitrogens is 4. The third-order valence-corrected chi connectivity index (χ3v) is 4.91. The number of hydrogen-bond acceptors (Lipinski definition) is 9. The predicted molar refractivity (Wildman–Crippen MR) is 109 cm³/mol. The van der Waals surface area contributed by atoms with Crippen molar-refractivity contribution in [3.05, 3.63) is 70.9 Å². The Morgan fingerprint density at radius 2 is 1.74 bits per heavy atom. The van der Waals surface area contributed by atoms with E-state index in [1.807, 2.05) is 0 Å². The summed E-state index contributed by atoms with van der Waals surface area (Å²) in [6.45, 7) is 0. The van der Waals surface area contributed by atoms with E-state index >= 15 is 0 Å². The third-order valence-electron chi connectivity index (χ3n) is 4.91. The van der Waals surface area contributed by atoms with E-state index in [-0.39, 0.29) is 17.2 Å². The number of hydrogen-bond donors (Lipinski definition) is 1. The molecular weight excluding hydrogens is 402 g/mol. The number of anilines is 1. The zero-order chi connectivity index (χ0) is 22.0. The number of fused-ring (bicyclic) bond motifs is 1. The molecule has 2 aromatic carbocycles. The lowest BCUT2D eigenvalue weighted by molar-refractivity contribution is -0.136. The van der Waals surface area contributed by atoms with Gasteiger partial charge in [0.1, 0.15) is 23.2 Å². The molecule has 1 atom stereocenters. The number of allylic oxidation sites excluding steroid dienone is 1. The summed E-state index contributed by atoms with van der Waals surface area (Å²) < 4.78 is 16.8. The van der Waals surface area contributed by atoms with Crippen LogP contribution in [-0.4, -0.2) is 53.3 Å². The zero-order valence-electron chi connectivity index (χ0n) is 17.0. The number of ketones is 1. The van der Waals surface area contributed by atoms with Crippen LogP contribution in [0.5, 0.6) is 11.5 Å². The van der Waals surface area contributed by atoms with Gasteiger partial charge < -0.3 is 19.5 Å². The Bertz CT molecular complexity index is 1170. The number of nitrogens with one attached hydrogen (secondary N) is 1. The highest BCUT2D eigenvalue weighted by Crippen LogP contribution is 2.37. The zero-order valence-corrected chi connectivity index (χ0v) is 17.0. The predicted octanol–water partition coefficient (Wildman–Crippen LogP) is 2.02. The fraction of sp³-hybridized carbons (Fsp3) is 0.190. The van der Waals surface area contributed by atoms with Gasteiger partial charge in [0.05, 0.1) is 26.9 Å². The molecule has 158 valence electrons. The lowest BCUT2D eigenvalue weighted by Crippen LogP contribution is -2.32. The lowest BCUT2D eigenvalue weighted by atomic mass is 9.89. The molecule has 4 rings (SSSR count). The normalized spacial score (nSPS) is 15.0. The summed E-state index contributed by atoms with van der Waals surface area (Å²) in [6.07, 6.45) is 0. The van der Waals surface area contributed by atoms with Crippen LogP contribution in [0.4, 0.5) is 5.95 Å². The van der Waals surface area contributed by atoms with Gasteiger partial charge in [0, 0.05) is 5.56 Å². The first-order chi connectivity index (χ1) is 15.1. The largest absolute Gasteiger partial charge is 0.497 e. The van der Waals surface area contributed by atoms with E-state index < -0.39 is 17.8 Å². The molecule has 31 heavy (non-hydrogen) atoms. The minimum atomic E-state index is -0.773. The van der Waals surface area contributed by atoms with Crippen LogP contribution in [-0.2, 0) is 9.53 Å². The second-order valence-electron chi connectivity index (χ2n) is 6.59. The molecular formula is C21H19N5O5. The summed E-state index contributed by atoms with van der Waals surface area (Å²) in [4.78, 5) is 26.3. The van der Waals surface area contributed by atoms with Crippen LogP contribution in [0.3, 0.4) is 0 Å². The van der Waals surface area contributed by atoms with Crippen LogP contribution in [0.2, 0.25) is 0 Å². The number of esters is 1. The van der Waals surface area contributed by atoms with Gasteiger partial charge in [-0.25, -0.2) is 4.79 Å². The Morgan fingerprint density at radius 1 is 1.00 bits per heavy atom. The maximum atomic E-state index is 13.7. The number of tetrazole rings is 1. The SMILES string of the molecule is COC(=O)C1=C(C(=O)c2cccc(OC)c2)[C@@H](c2ccc(OC)cc2)n2nnnc2N1. The molecule has 1 N–H and O–H groups in total. The van der Waals surface area contributed by atoms with Crippen LogP contribution < -0.4 is 14.8 Å². The Labute approximate surface area is 177 Å². The van der Waals surface area contributed by atoms with E-state index in [4.69, 9.17) is 14.2 Å². The van der Waals surface area contributed by atoms with Crippen molar-refractivity contribution in [3.8, 4) is 11.5 Å². The van der Waals surface area contributed by atoms with Crippen molar-refractivity contribution in [2.75, 3.05) is 26.6 Å². The molecule has 0 spiro atoms. The molecule has 1 aliphatic heterocycles. The number of carbonyl (C=O) groups excluding carboxylic acids is 2. The van der Waals surface area contributed by atoms with Crippen molar-refractivity contribution >= 4 is 17.7 Å². The minimum absolute atomic E-state index is 0.0292. The van der Waals surface area contributed by atoms with E-state index in [9.17, 15) is 9.59 Å². The van der Waals surface area contributed by atoms with Gasteiger partial charge in [-0.15, -0.1) is 0 Å². The number of Topliss-reactive ketones (excluding diaryl/α,β-unsaturated/α-hetero) is 1. The van der Waals surface area contributed by atoms with E-state index in [0.29, 0.717) is 22.6 Å². The van der Waals surface area contributed by atoms with Crippen molar-refractivity contribution in [1.82, 2.24) is 20.2 Å². The van der Waals surface area contributed by atoms with Gasteiger partial charge in [-0.2, -0.15) is 4.68 Å². The average Bonchev–Trinajstić information content (AvgIpc) is 3.30. The van der Waals surface area contributed by atoms with Crippen LogP contribution in [0.15, 0.2) is 59.8 Å². The van der Waals surface area contributed by atoms with Crippen LogP contribution in [0.25, 0.3) is 0 Å². The lowest BCUT2D eigenvalue weighted by Gasteiger charge is -2.28. The number of rotatable bonds is 6. The van der Waals surface area contributed by atoms with Gasteiger partial charge in [-0.3, -0.25) is 4.79 Å². The fourth-order valence-corrected chi connectivity index (χ4v) is 3.40. The molecule has 0 radical (unpaired) electrons. The molecule has 10 heteroatoms.